The van der Waals surface area contributed by atoms with E-state index in [2.05, 4.69) is 31.2 Å². The fourth-order valence-corrected chi connectivity index (χ4v) is 4.72. The average Bonchev–Trinajstić information content (AvgIpc) is 3.10. The molecule has 26 heavy (non-hydrogen) atoms. The molecule has 0 saturated heterocycles. The number of aryl methyl sites for hydroxylation is 2. The first-order valence-electron chi connectivity index (χ1n) is 9.46. The number of fused-ring (bicyclic) bond motifs is 2. The summed E-state index contributed by atoms with van der Waals surface area (Å²) in [7, 11) is 0. The summed E-state index contributed by atoms with van der Waals surface area (Å²) < 4.78 is 0. The molecular weight excluding hydrogens is 344 g/mol. The Labute approximate surface area is 159 Å². The van der Waals surface area contributed by atoms with Crippen molar-refractivity contribution in [2.45, 2.75) is 45.4 Å². The first-order valence-corrected chi connectivity index (χ1v) is 9.84. The zero-order valence-corrected chi connectivity index (χ0v) is 16.0. The molecule has 0 heterocycles. The van der Waals surface area contributed by atoms with Crippen molar-refractivity contribution in [3.8, 4) is 11.1 Å². The molecule has 2 fully saturated rings. The molecule has 2 atom stereocenters. The molecule has 2 unspecified atom stereocenters. The van der Waals surface area contributed by atoms with Crippen molar-refractivity contribution in [2.75, 3.05) is 0 Å². The lowest BCUT2D eigenvalue weighted by molar-refractivity contribution is -0.135. The summed E-state index contributed by atoms with van der Waals surface area (Å²) in [5, 5.41) is 0.744. The normalized spacial score (nSPS) is 25.0. The third-order valence-corrected chi connectivity index (χ3v) is 6.56. The Hall–Kier alpha value is -1.93. The number of Topliss-reactive ketones (excluding diaryl/α,β-unsaturated/α-hetero) is 2. The number of hydrogen-bond donors (Lipinski definition) is 0. The van der Waals surface area contributed by atoms with E-state index in [1.807, 2.05) is 19.1 Å². The third kappa shape index (κ3) is 2.81. The molecule has 2 aliphatic rings. The number of halogens is 1. The molecule has 2 aliphatic carbocycles. The SMILES string of the molecule is CCc1ccc(-c2ccc(Cl)c(C)c2)cc1C1C(=O)C2CCC(C2)C1=O. The molecule has 0 aromatic heterocycles. The van der Waals surface area contributed by atoms with Crippen LogP contribution in [0.1, 0.15) is 48.8 Å². The van der Waals surface area contributed by atoms with Crippen LogP contribution in [0.3, 0.4) is 0 Å². The van der Waals surface area contributed by atoms with Crippen molar-refractivity contribution in [2.24, 2.45) is 11.8 Å². The van der Waals surface area contributed by atoms with Crippen LogP contribution in [-0.4, -0.2) is 11.6 Å². The summed E-state index contributed by atoms with van der Waals surface area (Å²) in [6.07, 6.45) is 3.35. The second-order valence-corrected chi connectivity index (χ2v) is 8.08. The van der Waals surface area contributed by atoms with Crippen LogP contribution in [0.4, 0.5) is 0 Å². The Kier molecular flexibility index (Phi) is 4.48. The van der Waals surface area contributed by atoms with Gasteiger partial charge in [0.25, 0.3) is 0 Å². The molecule has 0 aliphatic heterocycles. The number of hydrogen-bond acceptors (Lipinski definition) is 2. The average molecular weight is 367 g/mol. The van der Waals surface area contributed by atoms with Gasteiger partial charge >= 0.3 is 0 Å². The van der Waals surface area contributed by atoms with Crippen molar-refractivity contribution >= 4 is 23.2 Å². The van der Waals surface area contributed by atoms with Gasteiger partial charge in [-0.25, -0.2) is 0 Å². The van der Waals surface area contributed by atoms with Crippen molar-refractivity contribution in [1.29, 1.82) is 0 Å². The van der Waals surface area contributed by atoms with Gasteiger partial charge in [0.2, 0.25) is 0 Å². The molecule has 2 bridgehead atoms. The highest BCUT2D eigenvalue weighted by molar-refractivity contribution is 6.31. The van der Waals surface area contributed by atoms with Crippen LogP contribution in [-0.2, 0) is 16.0 Å². The third-order valence-electron chi connectivity index (χ3n) is 6.14. The monoisotopic (exact) mass is 366 g/mol. The first kappa shape index (κ1) is 17.5. The van der Waals surface area contributed by atoms with E-state index in [9.17, 15) is 9.59 Å². The highest BCUT2D eigenvalue weighted by atomic mass is 35.5. The van der Waals surface area contributed by atoms with Crippen LogP contribution in [0, 0.1) is 18.8 Å². The maximum absolute atomic E-state index is 13.0. The lowest BCUT2D eigenvalue weighted by atomic mass is 9.73. The largest absolute Gasteiger partial charge is 0.298 e. The Morgan fingerprint density at radius 3 is 2.19 bits per heavy atom. The van der Waals surface area contributed by atoms with E-state index in [0.29, 0.717) is 0 Å². The van der Waals surface area contributed by atoms with Gasteiger partial charge in [-0.2, -0.15) is 0 Å². The van der Waals surface area contributed by atoms with Crippen LogP contribution in [0.25, 0.3) is 11.1 Å². The fraction of sp³-hybridized carbons (Fsp3) is 0.391. The Balaban J connectivity index is 1.81. The van der Waals surface area contributed by atoms with Crippen LogP contribution >= 0.6 is 11.6 Å². The molecule has 0 amide bonds. The van der Waals surface area contributed by atoms with Gasteiger partial charge in [0.05, 0.1) is 0 Å². The van der Waals surface area contributed by atoms with E-state index in [-0.39, 0.29) is 23.4 Å². The zero-order chi connectivity index (χ0) is 18.4. The molecule has 2 saturated carbocycles. The Bertz CT molecular complexity index is 877. The lowest BCUT2D eigenvalue weighted by Crippen LogP contribution is -2.35. The van der Waals surface area contributed by atoms with Crippen LogP contribution in [0.5, 0.6) is 0 Å². The van der Waals surface area contributed by atoms with Crippen molar-refractivity contribution < 1.29 is 9.59 Å². The standard InChI is InChI=1S/C23H23ClO2/c1-3-14-4-5-16(15-8-9-20(24)13(2)10-15)12-19(14)21-22(25)17-6-7-18(11-17)23(21)26/h4-5,8-10,12,17-18,21H,3,6-7,11H2,1-2H3. The molecule has 0 spiro atoms. The van der Waals surface area contributed by atoms with E-state index in [1.54, 1.807) is 0 Å². The molecular formula is C23H23ClO2. The number of benzene rings is 2. The molecule has 2 aromatic rings. The van der Waals surface area contributed by atoms with E-state index < -0.39 is 5.92 Å². The van der Waals surface area contributed by atoms with Gasteiger partial charge in [-0.15, -0.1) is 0 Å². The van der Waals surface area contributed by atoms with Gasteiger partial charge in [-0.3, -0.25) is 9.59 Å². The Morgan fingerprint density at radius 2 is 1.58 bits per heavy atom. The highest BCUT2D eigenvalue weighted by Gasteiger charge is 2.47. The maximum atomic E-state index is 13.0. The zero-order valence-electron chi connectivity index (χ0n) is 15.2. The summed E-state index contributed by atoms with van der Waals surface area (Å²) in [5.41, 5.74) is 5.15. The number of ketones is 2. The molecule has 2 aromatic carbocycles. The first-order chi connectivity index (χ1) is 12.5. The highest BCUT2D eigenvalue weighted by Crippen LogP contribution is 2.45. The number of rotatable bonds is 3. The fourth-order valence-electron chi connectivity index (χ4n) is 4.61. The van der Waals surface area contributed by atoms with E-state index in [1.165, 1.54) is 0 Å². The Morgan fingerprint density at radius 1 is 0.962 bits per heavy atom. The van der Waals surface area contributed by atoms with Crippen LogP contribution in [0.2, 0.25) is 5.02 Å². The molecule has 3 heteroatoms. The number of carbonyl (C=O) groups excluding carboxylic acids is 2. The minimum absolute atomic E-state index is 0.0776. The molecule has 4 rings (SSSR count). The predicted octanol–water partition coefficient (Wildman–Crippen LogP) is 5.53. The van der Waals surface area contributed by atoms with E-state index >= 15 is 0 Å². The van der Waals surface area contributed by atoms with Gasteiger partial charge in [0.15, 0.2) is 11.6 Å². The second kappa shape index (κ2) is 6.66. The maximum Gasteiger partial charge on any atom is 0.150 e. The summed E-state index contributed by atoms with van der Waals surface area (Å²) >= 11 is 6.16. The summed E-state index contributed by atoms with van der Waals surface area (Å²) in [6, 6.07) is 12.2. The van der Waals surface area contributed by atoms with Crippen LogP contribution < -0.4 is 0 Å². The van der Waals surface area contributed by atoms with E-state index in [0.717, 1.165) is 58.5 Å². The van der Waals surface area contributed by atoms with E-state index in [4.69, 9.17) is 11.6 Å². The molecule has 134 valence electrons. The predicted molar refractivity (Wildman–Crippen MR) is 105 cm³/mol. The van der Waals surface area contributed by atoms with Gasteiger partial charge in [-0.1, -0.05) is 36.7 Å². The van der Waals surface area contributed by atoms with Gasteiger partial charge in [0.1, 0.15) is 5.92 Å². The quantitative estimate of drug-likeness (QED) is 0.669. The summed E-state index contributed by atoms with van der Waals surface area (Å²) in [6.45, 7) is 4.07. The van der Waals surface area contributed by atoms with Crippen molar-refractivity contribution in [3.05, 3.63) is 58.1 Å². The molecule has 0 N–H and O–H groups in total. The smallest absolute Gasteiger partial charge is 0.150 e. The van der Waals surface area contributed by atoms with Crippen LogP contribution in [0.15, 0.2) is 36.4 Å². The van der Waals surface area contributed by atoms with Crippen molar-refractivity contribution in [1.82, 2.24) is 0 Å². The van der Waals surface area contributed by atoms with Crippen molar-refractivity contribution in [3.63, 3.8) is 0 Å². The van der Waals surface area contributed by atoms with Gasteiger partial charge in [-0.05, 0) is 78.6 Å². The molecule has 2 nitrogen and oxygen atoms in total. The summed E-state index contributed by atoms with van der Waals surface area (Å²) in [4.78, 5) is 25.9. The lowest BCUT2D eigenvalue weighted by Gasteiger charge is -2.27. The second-order valence-electron chi connectivity index (χ2n) is 7.68. The topological polar surface area (TPSA) is 34.1 Å². The van der Waals surface area contributed by atoms with Gasteiger partial charge in [0, 0.05) is 16.9 Å². The molecule has 0 radical (unpaired) electrons. The van der Waals surface area contributed by atoms with Gasteiger partial charge < -0.3 is 0 Å². The number of carbonyl (C=O) groups is 2. The minimum Gasteiger partial charge on any atom is -0.298 e. The minimum atomic E-state index is -0.565. The summed E-state index contributed by atoms with van der Waals surface area (Å²) in [5.74, 6) is -0.127.